The van der Waals surface area contributed by atoms with Crippen LogP contribution in [0.2, 0.25) is 0 Å². The summed E-state index contributed by atoms with van der Waals surface area (Å²) in [6.45, 7) is 9.28. The molecule has 0 spiro atoms. The fourth-order valence-electron chi connectivity index (χ4n) is 5.31. The van der Waals surface area contributed by atoms with Crippen molar-refractivity contribution < 1.29 is 0 Å². The van der Waals surface area contributed by atoms with Gasteiger partial charge in [0.05, 0.1) is 10.2 Å². The predicted octanol–water partition coefficient (Wildman–Crippen LogP) is 4.53. The highest BCUT2D eigenvalue weighted by atomic mass is 79.9. The van der Waals surface area contributed by atoms with Crippen molar-refractivity contribution in [1.82, 2.24) is 29.7 Å². The standard InChI is InChI=1S/C28H33BrN8/c1-19-3-4-20(15-30-19)17-36-11-13-37(14-12-36)23-7-5-21(6-8-23)27-33-26-25(24(29)16-31-28(26)34-27)32-22-9-10-35(2)18-22/h3-8,15-16,22H,9-14,17-18H2,1-2H3,(H2,31,32,33,34)/t22-/m0/s1. The lowest BCUT2D eigenvalue weighted by atomic mass is 10.1. The first kappa shape index (κ1) is 24.3. The zero-order valence-electron chi connectivity index (χ0n) is 21.4. The van der Waals surface area contributed by atoms with Crippen LogP contribution in [-0.2, 0) is 6.54 Å². The molecule has 4 aromatic rings. The Hall–Kier alpha value is -3.01. The third kappa shape index (κ3) is 5.35. The van der Waals surface area contributed by atoms with E-state index in [0.717, 1.165) is 90.6 Å². The van der Waals surface area contributed by atoms with Gasteiger partial charge in [0.2, 0.25) is 0 Å². The van der Waals surface area contributed by atoms with E-state index in [-0.39, 0.29) is 0 Å². The van der Waals surface area contributed by atoms with Crippen molar-refractivity contribution >= 4 is 38.5 Å². The molecule has 0 radical (unpaired) electrons. The molecule has 1 atom stereocenters. The first-order valence-electron chi connectivity index (χ1n) is 13.0. The quantitative estimate of drug-likeness (QED) is 0.358. The van der Waals surface area contributed by atoms with E-state index in [0.29, 0.717) is 6.04 Å². The van der Waals surface area contributed by atoms with Crippen LogP contribution in [0.25, 0.3) is 22.6 Å². The average Bonchev–Trinajstić information content (AvgIpc) is 3.54. The van der Waals surface area contributed by atoms with Gasteiger partial charge >= 0.3 is 0 Å². The van der Waals surface area contributed by atoms with E-state index in [9.17, 15) is 0 Å². The second-order valence-corrected chi connectivity index (χ2v) is 11.1. The number of aromatic amines is 1. The zero-order valence-corrected chi connectivity index (χ0v) is 23.0. The van der Waals surface area contributed by atoms with Gasteiger partial charge in [-0.1, -0.05) is 6.07 Å². The number of halogens is 1. The van der Waals surface area contributed by atoms with E-state index in [2.05, 4.69) is 94.3 Å². The summed E-state index contributed by atoms with van der Waals surface area (Å²) in [4.78, 5) is 24.7. The SMILES string of the molecule is Cc1ccc(CN2CCN(c3ccc(-c4nc5c(N[C@H]6CCN(C)C6)c(Br)cnc5[nH]4)cc3)CC2)cn1. The molecule has 0 unspecified atom stereocenters. The van der Waals surface area contributed by atoms with Crippen molar-refractivity contribution in [1.29, 1.82) is 0 Å². The maximum atomic E-state index is 4.95. The molecular formula is C28H33BrN8. The minimum atomic E-state index is 0.417. The molecule has 0 saturated carbocycles. The van der Waals surface area contributed by atoms with E-state index < -0.39 is 0 Å². The van der Waals surface area contributed by atoms with Gasteiger partial charge in [0, 0.05) is 74.6 Å². The number of H-pyrrole nitrogens is 1. The Labute approximate surface area is 226 Å². The molecular weight excluding hydrogens is 528 g/mol. The Bertz CT molecular complexity index is 1360. The van der Waals surface area contributed by atoms with Crippen LogP contribution < -0.4 is 10.2 Å². The number of pyridine rings is 2. The van der Waals surface area contributed by atoms with Gasteiger partial charge in [-0.15, -0.1) is 0 Å². The zero-order chi connectivity index (χ0) is 25.4. The molecule has 2 fully saturated rings. The summed E-state index contributed by atoms with van der Waals surface area (Å²) in [5, 5.41) is 3.70. The second-order valence-electron chi connectivity index (χ2n) is 10.3. The number of likely N-dealkylation sites (tertiary alicyclic amines) is 1. The summed E-state index contributed by atoms with van der Waals surface area (Å²) in [5.74, 6) is 0.843. The molecule has 0 aliphatic carbocycles. The molecule has 2 aliphatic rings. The lowest BCUT2D eigenvalue weighted by Crippen LogP contribution is -2.45. The van der Waals surface area contributed by atoms with Crippen LogP contribution in [0.4, 0.5) is 11.4 Å². The molecule has 3 aromatic heterocycles. The lowest BCUT2D eigenvalue weighted by Gasteiger charge is -2.36. The Balaban J connectivity index is 1.13. The summed E-state index contributed by atoms with van der Waals surface area (Å²) in [5.41, 5.74) is 7.37. The Kier molecular flexibility index (Phi) is 6.84. The van der Waals surface area contributed by atoms with Gasteiger partial charge in [-0.25, -0.2) is 9.97 Å². The highest BCUT2D eigenvalue weighted by molar-refractivity contribution is 9.10. The summed E-state index contributed by atoms with van der Waals surface area (Å²) in [7, 11) is 2.16. The normalized spacial score (nSPS) is 19.1. The topological polar surface area (TPSA) is 76.2 Å². The van der Waals surface area contributed by atoms with Crippen LogP contribution in [0.3, 0.4) is 0 Å². The molecule has 2 N–H and O–H groups in total. The molecule has 1 aromatic carbocycles. The number of fused-ring (bicyclic) bond motifs is 1. The number of nitrogens with zero attached hydrogens (tertiary/aromatic N) is 6. The van der Waals surface area contributed by atoms with Crippen molar-refractivity contribution in [2.45, 2.75) is 25.9 Å². The van der Waals surface area contributed by atoms with Crippen LogP contribution >= 0.6 is 15.9 Å². The van der Waals surface area contributed by atoms with Crippen LogP contribution in [0.5, 0.6) is 0 Å². The third-order valence-corrected chi connectivity index (χ3v) is 8.07. The number of aromatic nitrogens is 4. The second kappa shape index (κ2) is 10.4. The maximum absolute atomic E-state index is 4.95. The summed E-state index contributed by atoms with van der Waals surface area (Å²) in [6, 6.07) is 13.4. The minimum absolute atomic E-state index is 0.417. The summed E-state index contributed by atoms with van der Waals surface area (Å²) >= 11 is 3.68. The highest BCUT2D eigenvalue weighted by Gasteiger charge is 2.22. The van der Waals surface area contributed by atoms with Gasteiger partial charge in [-0.05, 0) is 78.8 Å². The number of benzene rings is 1. The summed E-state index contributed by atoms with van der Waals surface area (Å²) in [6.07, 6.45) is 4.98. The van der Waals surface area contributed by atoms with E-state index in [4.69, 9.17) is 4.98 Å². The van der Waals surface area contributed by atoms with Crippen molar-refractivity contribution in [3.8, 4) is 11.4 Å². The molecule has 6 rings (SSSR count). The fraction of sp³-hybridized carbons (Fsp3) is 0.393. The Morgan fingerprint density at radius 2 is 1.81 bits per heavy atom. The largest absolute Gasteiger partial charge is 0.378 e. The van der Waals surface area contributed by atoms with Crippen LogP contribution in [0.15, 0.2) is 53.3 Å². The number of piperazine rings is 1. The first-order chi connectivity index (χ1) is 18.0. The van der Waals surface area contributed by atoms with Crippen LogP contribution in [0, 0.1) is 6.92 Å². The number of anilines is 2. The van der Waals surface area contributed by atoms with Crippen molar-refractivity contribution in [3.05, 3.63) is 64.5 Å². The number of rotatable bonds is 6. The molecule has 0 bridgehead atoms. The number of imidazole rings is 1. The number of likely N-dealkylation sites (N-methyl/N-ethyl adjacent to an activating group) is 1. The van der Waals surface area contributed by atoms with Crippen molar-refractivity contribution in [2.24, 2.45) is 0 Å². The average molecular weight is 562 g/mol. The van der Waals surface area contributed by atoms with Crippen molar-refractivity contribution in [2.75, 3.05) is 56.5 Å². The Morgan fingerprint density at radius 3 is 2.51 bits per heavy atom. The van der Waals surface area contributed by atoms with Crippen LogP contribution in [-0.4, -0.2) is 82.1 Å². The van der Waals surface area contributed by atoms with Gasteiger partial charge < -0.3 is 20.1 Å². The molecule has 5 heterocycles. The molecule has 37 heavy (non-hydrogen) atoms. The van der Waals surface area contributed by atoms with E-state index in [1.807, 2.05) is 19.3 Å². The van der Waals surface area contributed by atoms with Gasteiger partial charge in [0.25, 0.3) is 0 Å². The molecule has 192 valence electrons. The number of nitrogens with one attached hydrogen (secondary N) is 2. The van der Waals surface area contributed by atoms with Crippen molar-refractivity contribution in [3.63, 3.8) is 0 Å². The monoisotopic (exact) mass is 560 g/mol. The van der Waals surface area contributed by atoms with Gasteiger partial charge in [-0.3, -0.25) is 9.88 Å². The van der Waals surface area contributed by atoms with E-state index in [1.54, 1.807) is 0 Å². The maximum Gasteiger partial charge on any atom is 0.159 e. The van der Waals surface area contributed by atoms with E-state index in [1.165, 1.54) is 11.3 Å². The van der Waals surface area contributed by atoms with Gasteiger partial charge in [0.1, 0.15) is 11.3 Å². The molecule has 0 amide bonds. The van der Waals surface area contributed by atoms with E-state index >= 15 is 0 Å². The summed E-state index contributed by atoms with van der Waals surface area (Å²) < 4.78 is 0.945. The van der Waals surface area contributed by atoms with Crippen LogP contribution in [0.1, 0.15) is 17.7 Å². The Morgan fingerprint density at radius 1 is 1.00 bits per heavy atom. The highest BCUT2D eigenvalue weighted by Crippen LogP contribution is 2.32. The number of hydrogen-bond donors (Lipinski definition) is 2. The lowest BCUT2D eigenvalue weighted by molar-refractivity contribution is 0.249. The molecule has 9 heteroatoms. The third-order valence-electron chi connectivity index (χ3n) is 7.46. The number of hydrogen-bond acceptors (Lipinski definition) is 7. The van der Waals surface area contributed by atoms with Gasteiger partial charge in [-0.2, -0.15) is 0 Å². The molecule has 2 saturated heterocycles. The number of aryl methyl sites for hydroxylation is 1. The fourth-order valence-corrected chi connectivity index (χ4v) is 5.71. The first-order valence-corrected chi connectivity index (χ1v) is 13.8. The smallest absolute Gasteiger partial charge is 0.159 e. The molecule has 2 aliphatic heterocycles. The predicted molar refractivity (Wildman–Crippen MR) is 153 cm³/mol. The minimum Gasteiger partial charge on any atom is -0.378 e. The van der Waals surface area contributed by atoms with Gasteiger partial charge in [0.15, 0.2) is 5.65 Å². The molecule has 8 nitrogen and oxygen atoms in total.